The van der Waals surface area contributed by atoms with Crippen molar-refractivity contribution in [3.8, 4) is 0 Å². The number of carbonyl (C=O) groups excluding carboxylic acids is 1. The van der Waals surface area contributed by atoms with E-state index in [1.807, 2.05) is 52.0 Å². The Hall–Kier alpha value is -2.11. The summed E-state index contributed by atoms with van der Waals surface area (Å²) in [6, 6.07) is 9.51. The molecule has 2 aromatic carbocycles. The van der Waals surface area contributed by atoms with Crippen LogP contribution in [-0.2, 0) is 0 Å². The standard InChI is InChI=1S/C18H20ClN3OS/c1-10-5-6-14(12(3)7-10)17(23)21-22-18(24)20-16-13(4)8-11(2)9-15(16)19/h5-9H,1-4H3,(H,21,23)(H2,20,22,24). The highest BCUT2D eigenvalue weighted by Gasteiger charge is 2.10. The maximum absolute atomic E-state index is 12.2. The molecule has 2 rings (SSSR count). The molecule has 3 N–H and O–H groups in total. The quantitative estimate of drug-likeness (QED) is 0.554. The van der Waals surface area contributed by atoms with Crippen LogP contribution in [0.5, 0.6) is 0 Å². The molecule has 0 saturated heterocycles. The van der Waals surface area contributed by atoms with Crippen LogP contribution < -0.4 is 16.2 Å². The van der Waals surface area contributed by atoms with Crippen LogP contribution in [0.4, 0.5) is 5.69 Å². The number of thiocarbonyl (C=S) groups is 1. The average Bonchev–Trinajstić information content (AvgIpc) is 2.48. The zero-order chi connectivity index (χ0) is 17.9. The first kappa shape index (κ1) is 18.2. The Morgan fingerprint density at radius 2 is 1.62 bits per heavy atom. The largest absolute Gasteiger partial charge is 0.330 e. The van der Waals surface area contributed by atoms with Crippen molar-refractivity contribution in [2.24, 2.45) is 0 Å². The van der Waals surface area contributed by atoms with Gasteiger partial charge in [-0.3, -0.25) is 15.6 Å². The Bertz CT molecular complexity index is 782. The molecule has 0 radical (unpaired) electrons. The molecule has 4 nitrogen and oxygen atoms in total. The molecule has 24 heavy (non-hydrogen) atoms. The SMILES string of the molecule is Cc1ccc(C(=O)NNC(=S)Nc2c(C)cc(C)cc2Cl)c(C)c1. The highest BCUT2D eigenvalue weighted by atomic mass is 35.5. The van der Waals surface area contributed by atoms with Gasteiger partial charge in [0.2, 0.25) is 0 Å². The first-order chi connectivity index (χ1) is 11.3. The molecule has 6 heteroatoms. The van der Waals surface area contributed by atoms with Gasteiger partial charge in [0.05, 0.1) is 10.7 Å². The second kappa shape index (κ2) is 7.64. The summed E-state index contributed by atoms with van der Waals surface area (Å²) in [5.41, 5.74) is 10.7. The molecule has 0 atom stereocenters. The summed E-state index contributed by atoms with van der Waals surface area (Å²) in [6.07, 6.45) is 0. The zero-order valence-electron chi connectivity index (χ0n) is 14.1. The third-order valence-corrected chi connectivity index (χ3v) is 4.09. The fraction of sp³-hybridized carbons (Fsp3) is 0.222. The van der Waals surface area contributed by atoms with Crippen molar-refractivity contribution in [2.75, 3.05) is 5.32 Å². The van der Waals surface area contributed by atoms with Gasteiger partial charge < -0.3 is 5.32 Å². The van der Waals surface area contributed by atoms with Gasteiger partial charge in [0.1, 0.15) is 0 Å². The fourth-order valence-electron chi connectivity index (χ4n) is 2.47. The topological polar surface area (TPSA) is 53.2 Å². The van der Waals surface area contributed by atoms with Gasteiger partial charge in [-0.25, -0.2) is 0 Å². The summed E-state index contributed by atoms with van der Waals surface area (Å²) in [7, 11) is 0. The lowest BCUT2D eigenvalue weighted by molar-refractivity contribution is 0.0943. The number of hydrogen-bond donors (Lipinski definition) is 3. The molecular formula is C18H20ClN3OS. The first-order valence-electron chi connectivity index (χ1n) is 7.49. The van der Waals surface area contributed by atoms with Crippen molar-refractivity contribution in [1.82, 2.24) is 10.9 Å². The summed E-state index contributed by atoms with van der Waals surface area (Å²) in [5, 5.41) is 3.86. The Labute approximate surface area is 152 Å². The Morgan fingerprint density at radius 1 is 0.958 bits per heavy atom. The molecule has 0 heterocycles. The van der Waals surface area contributed by atoms with Crippen LogP contribution in [0.25, 0.3) is 0 Å². The third kappa shape index (κ3) is 4.46. The van der Waals surface area contributed by atoms with Gasteiger partial charge in [-0.15, -0.1) is 0 Å². The van der Waals surface area contributed by atoms with Gasteiger partial charge in [0, 0.05) is 5.56 Å². The normalized spacial score (nSPS) is 10.2. The van der Waals surface area contributed by atoms with Crippen LogP contribution in [0.2, 0.25) is 5.02 Å². The van der Waals surface area contributed by atoms with Crippen LogP contribution in [-0.4, -0.2) is 11.0 Å². The van der Waals surface area contributed by atoms with Crippen molar-refractivity contribution in [1.29, 1.82) is 0 Å². The van der Waals surface area contributed by atoms with Gasteiger partial charge >= 0.3 is 0 Å². The Balaban J connectivity index is 2.00. The molecule has 0 aliphatic carbocycles. The van der Waals surface area contributed by atoms with Crippen LogP contribution in [0.15, 0.2) is 30.3 Å². The number of rotatable bonds is 2. The van der Waals surface area contributed by atoms with E-state index >= 15 is 0 Å². The predicted octanol–water partition coefficient (Wildman–Crippen LogP) is 4.21. The van der Waals surface area contributed by atoms with Crippen LogP contribution in [0.1, 0.15) is 32.6 Å². The molecule has 0 aliphatic rings. The van der Waals surface area contributed by atoms with Gasteiger partial charge in [-0.05, 0) is 68.7 Å². The molecule has 126 valence electrons. The van der Waals surface area contributed by atoms with E-state index in [1.54, 1.807) is 6.07 Å². The monoisotopic (exact) mass is 361 g/mol. The average molecular weight is 362 g/mol. The lowest BCUT2D eigenvalue weighted by atomic mass is 10.1. The second-order valence-corrected chi connectivity index (χ2v) is 6.61. The van der Waals surface area contributed by atoms with Crippen molar-refractivity contribution >= 4 is 40.5 Å². The van der Waals surface area contributed by atoms with E-state index in [9.17, 15) is 4.79 Å². The minimum Gasteiger partial charge on any atom is -0.330 e. The number of hydrogen-bond acceptors (Lipinski definition) is 2. The molecule has 0 bridgehead atoms. The highest BCUT2D eigenvalue weighted by Crippen LogP contribution is 2.27. The second-order valence-electron chi connectivity index (χ2n) is 5.79. The molecule has 0 spiro atoms. The maximum Gasteiger partial charge on any atom is 0.269 e. The van der Waals surface area contributed by atoms with Crippen molar-refractivity contribution in [3.63, 3.8) is 0 Å². The summed E-state index contributed by atoms with van der Waals surface area (Å²) in [5.74, 6) is -0.247. The smallest absolute Gasteiger partial charge is 0.269 e. The highest BCUT2D eigenvalue weighted by molar-refractivity contribution is 7.80. The molecular weight excluding hydrogens is 342 g/mol. The minimum atomic E-state index is -0.247. The van der Waals surface area contributed by atoms with Crippen LogP contribution in [0, 0.1) is 27.7 Å². The van der Waals surface area contributed by atoms with E-state index in [0.29, 0.717) is 10.6 Å². The van der Waals surface area contributed by atoms with Gasteiger partial charge in [0.25, 0.3) is 5.91 Å². The van der Waals surface area contributed by atoms with Crippen LogP contribution >= 0.6 is 23.8 Å². The molecule has 1 amide bonds. The van der Waals surface area contributed by atoms with Crippen molar-refractivity contribution in [2.45, 2.75) is 27.7 Å². The molecule has 0 aliphatic heterocycles. The number of benzene rings is 2. The fourth-order valence-corrected chi connectivity index (χ4v) is 2.99. The maximum atomic E-state index is 12.2. The van der Waals surface area contributed by atoms with Gasteiger partial charge in [0.15, 0.2) is 5.11 Å². The Kier molecular flexibility index (Phi) is 5.80. The molecule has 0 saturated carbocycles. The van der Waals surface area contributed by atoms with Crippen molar-refractivity contribution < 1.29 is 4.79 Å². The van der Waals surface area contributed by atoms with Gasteiger partial charge in [-0.1, -0.05) is 35.4 Å². The summed E-state index contributed by atoms with van der Waals surface area (Å²) < 4.78 is 0. The van der Waals surface area contributed by atoms with E-state index in [1.165, 1.54) is 0 Å². The molecule has 2 aromatic rings. The predicted molar refractivity (Wildman–Crippen MR) is 104 cm³/mol. The Morgan fingerprint density at radius 3 is 2.25 bits per heavy atom. The van der Waals surface area contributed by atoms with Gasteiger partial charge in [-0.2, -0.15) is 0 Å². The summed E-state index contributed by atoms with van der Waals surface area (Å²) in [6.45, 7) is 7.80. The van der Waals surface area contributed by atoms with Crippen molar-refractivity contribution in [3.05, 3.63) is 63.2 Å². The zero-order valence-corrected chi connectivity index (χ0v) is 15.7. The number of carbonyl (C=O) groups is 1. The number of amides is 1. The van der Waals surface area contributed by atoms with E-state index in [0.717, 1.165) is 27.9 Å². The molecule has 0 fully saturated rings. The minimum absolute atomic E-state index is 0.247. The first-order valence-corrected chi connectivity index (χ1v) is 8.28. The van der Waals surface area contributed by atoms with Crippen LogP contribution in [0.3, 0.4) is 0 Å². The number of nitrogens with one attached hydrogen (secondary N) is 3. The number of halogens is 1. The lowest BCUT2D eigenvalue weighted by Gasteiger charge is -2.15. The number of hydrazine groups is 1. The number of anilines is 1. The van der Waals surface area contributed by atoms with E-state index < -0.39 is 0 Å². The molecule has 0 aromatic heterocycles. The lowest BCUT2D eigenvalue weighted by Crippen LogP contribution is -2.44. The summed E-state index contributed by atoms with van der Waals surface area (Å²) in [4.78, 5) is 12.2. The van der Waals surface area contributed by atoms with E-state index in [2.05, 4.69) is 16.2 Å². The van der Waals surface area contributed by atoms with E-state index in [-0.39, 0.29) is 11.0 Å². The summed E-state index contributed by atoms with van der Waals surface area (Å²) >= 11 is 11.5. The number of aryl methyl sites for hydroxylation is 4. The third-order valence-electron chi connectivity index (χ3n) is 3.59. The van der Waals surface area contributed by atoms with E-state index in [4.69, 9.17) is 23.8 Å². The molecule has 0 unspecified atom stereocenters.